The molecule has 0 atom stereocenters. The number of carbonyl (C=O) groups is 1. The summed E-state index contributed by atoms with van der Waals surface area (Å²) in [6.45, 7) is 0. The van der Waals surface area contributed by atoms with Gasteiger partial charge in [-0.2, -0.15) is 9.97 Å². The van der Waals surface area contributed by atoms with Gasteiger partial charge in [-0.3, -0.25) is 15.2 Å². The maximum atomic E-state index is 12.0. The number of amides is 1. The molecule has 0 aliphatic carbocycles. The third-order valence-electron chi connectivity index (χ3n) is 4.04. The van der Waals surface area contributed by atoms with E-state index >= 15 is 0 Å². The van der Waals surface area contributed by atoms with Gasteiger partial charge in [0.05, 0.1) is 0 Å². The van der Waals surface area contributed by atoms with Gasteiger partial charge in [0, 0.05) is 41.4 Å². The highest BCUT2D eigenvalue weighted by atomic mass is 35.5. The predicted molar refractivity (Wildman–Crippen MR) is 107 cm³/mol. The van der Waals surface area contributed by atoms with Gasteiger partial charge in [-0.1, -0.05) is 21.9 Å². The summed E-state index contributed by atoms with van der Waals surface area (Å²) in [4.78, 5) is 24.4. The monoisotopic (exact) mass is 425 g/mol. The zero-order valence-electron chi connectivity index (χ0n) is 15.6. The van der Waals surface area contributed by atoms with Crippen molar-refractivity contribution in [3.63, 3.8) is 0 Å². The summed E-state index contributed by atoms with van der Waals surface area (Å²) >= 11 is 5.87. The first-order valence-electron chi connectivity index (χ1n) is 9.05. The summed E-state index contributed by atoms with van der Waals surface area (Å²) in [6.07, 6.45) is 4.50. The Morgan fingerprint density at radius 1 is 0.933 bits per heavy atom. The number of halogens is 1. The Bertz CT molecular complexity index is 1110. The summed E-state index contributed by atoms with van der Waals surface area (Å²) in [7, 11) is 0. The van der Waals surface area contributed by atoms with Crippen LogP contribution in [0.3, 0.4) is 0 Å². The Morgan fingerprint density at radius 2 is 1.63 bits per heavy atom. The lowest BCUT2D eigenvalue weighted by molar-refractivity contribution is -0.120. The normalized spacial score (nSPS) is 10.7. The summed E-state index contributed by atoms with van der Waals surface area (Å²) in [5.74, 6) is 1.09. The first-order valence-corrected chi connectivity index (χ1v) is 9.42. The van der Waals surface area contributed by atoms with Crippen molar-refractivity contribution < 1.29 is 13.8 Å². The van der Waals surface area contributed by atoms with Crippen molar-refractivity contribution in [1.82, 2.24) is 30.7 Å². The van der Waals surface area contributed by atoms with E-state index in [0.29, 0.717) is 35.4 Å². The van der Waals surface area contributed by atoms with Crippen LogP contribution in [-0.4, -0.2) is 31.2 Å². The van der Waals surface area contributed by atoms with Gasteiger partial charge >= 0.3 is 6.01 Å². The Kier molecular flexibility index (Phi) is 5.95. The van der Waals surface area contributed by atoms with Crippen LogP contribution < -0.4 is 10.9 Å². The average molecular weight is 426 g/mol. The quantitative estimate of drug-likeness (QED) is 0.408. The fourth-order valence-electron chi connectivity index (χ4n) is 2.55. The molecule has 1 aromatic carbocycles. The van der Waals surface area contributed by atoms with E-state index in [2.05, 4.69) is 36.1 Å². The van der Waals surface area contributed by atoms with Crippen LogP contribution in [-0.2, 0) is 11.2 Å². The number of pyridine rings is 1. The molecule has 3 heterocycles. The molecule has 4 aromatic rings. The number of rotatable bonds is 8. The van der Waals surface area contributed by atoms with Crippen LogP contribution in [0, 0.1) is 0 Å². The van der Waals surface area contributed by atoms with Gasteiger partial charge in [0.1, 0.15) is 0 Å². The number of hydrazine groups is 1. The molecule has 0 fully saturated rings. The van der Waals surface area contributed by atoms with E-state index in [0.717, 1.165) is 11.1 Å². The summed E-state index contributed by atoms with van der Waals surface area (Å²) in [5.41, 5.74) is 6.67. The van der Waals surface area contributed by atoms with Crippen LogP contribution in [0.1, 0.15) is 18.7 Å². The lowest BCUT2D eigenvalue weighted by Crippen LogP contribution is -2.29. The molecule has 2 N–H and O–H groups in total. The highest BCUT2D eigenvalue weighted by Crippen LogP contribution is 2.19. The fourth-order valence-corrected chi connectivity index (χ4v) is 2.68. The molecule has 4 rings (SSSR count). The second-order valence-corrected chi connectivity index (χ2v) is 6.64. The van der Waals surface area contributed by atoms with Crippen LogP contribution in [0.5, 0.6) is 0 Å². The minimum Gasteiger partial charge on any atom is -0.339 e. The molecule has 0 saturated carbocycles. The number of aryl methyl sites for hydroxylation is 1. The molecular formula is C19H16ClN7O3. The Labute approximate surface area is 175 Å². The molecule has 0 radical (unpaired) electrons. The largest absolute Gasteiger partial charge is 0.340 e. The number of hydrogen-bond donors (Lipinski definition) is 2. The van der Waals surface area contributed by atoms with Gasteiger partial charge in [0.2, 0.25) is 23.4 Å². The van der Waals surface area contributed by atoms with Crippen molar-refractivity contribution in [2.24, 2.45) is 0 Å². The van der Waals surface area contributed by atoms with Gasteiger partial charge in [-0.05, 0) is 42.8 Å². The van der Waals surface area contributed by atoms with E-state index < -0.39 is 0 Å². The Hall–Kier alpha value is -3.79. The average Bonchev–Trinajstić information content (AvgIpc) is 3.43. The van der Waals surface area contributed by atoms with E-state index in [4.69, 9.17) is 20.6 Å². The Balaban J connectivity index is 1.21. The molecule has 1 amide bonds. The molecule has 0 unspecified atom stereocenters. The van der Waals surface area contributed by atoms with Crippen LogP contribution in [0.2, 0.25) is 5.02 Å². The summed E-state index contributed by atoms with van der Waals surface area (Å²) in [5, 5.41) is 8.41. The molecule has 10 nitrogen and oxygen atoms in total. The highest BCUT2D eigenvalue weighted by Gasteiger charge is 2.11. The highest BCUT2D eigenvalue weighted by molar-refractivity contribution is 6.30. The van der Waals surface area contributed by atoms with E-state index in [1.807, 2.05) is 12.1 Å². The van der Waals surface area contributed by atoms with Gasteiger partial charge in [-0.25, -0.2) is 5.43 Å². The number of nitrogens with one attached hydrogen (secondary N) is 2. The fraction of sp³-hybridized carbons (Fsp3) is 0.158. The van der Waals surface area contributed by atoms with Crippen LogP contribution in [0.25, 0.3) is 22.8 Å². The third kappa shape index (κ3) is 4.97. The first-order chi connectivity index (χ1) is 14.7. The number of aromatic nitrogens is 5. The SMILES string of the molecule is O=C(CCCc1nc(-c2ccc(Cl)cc2)no1)NNc1nc(-c2ccncc2)no1. The second-order valence-electron chi connectivity index (χ2n) is 6.20. The predicted octanol–water partition coefficient (Wildman–Crippen LogP) is 3.30. The first kappa shape index (κ1) is 19.5. The molecule has 0 bridgehead atoms. The zero-order chi connectivity index (χ0) is 20.8. The zero-order valence-corrected chi connectivity index (χ0v) is 16.3. The molecule has 152 valence electrons. The molecule has 0 saturated heterocycles. The molecule has 3 aromatic heterocycles. The second kappa shape index (κ2) is 9.14. The van der Waals surface area contributed by atoms with Gasteiger partial charge in [0.15, 0.2) is 0 Å². The maximum Gasteiger partial charge on any atom is 0.340 e. The third-order valence-corrected chi connectivity index (χ3v) is 4.29. The van der Waals surface area contributed by atoms with E-state index in [1.54, 1.807) is 36.7 Å². The van der Waals surface area contributed by atoms with Gasteiger partial charge in [-0.15, -0.1) is 0 Å². The molecule has 0 aliphatic heterocycles. The van der Waals surface area contributed by atoms with Crippen LogP contribution in [0.15, 0.2) is 57.8 Å². The minimum absolute atomic E-state index is 0.0830. The summed E-state index contributed by atoms with van der Waals surface area (Å²) < 4.78 is 10.3. The molecular weight excluding hydrogens is 410 g/mol. The number of carbonyl (C=O) groups excluding carboxylic acids is 1. The van der Waals surface area contributed by atoms with Gasteiger partial charge < -0.3 is 9.05 Å². The van der Waals surface area contributed by atoms with Crippen LogP contribution in [0.4, 0.5) is 6.01 Å². The van der Waals surface area contributed by atoms with E-state index in [1.165, 1.54) is 0 Å². The molecule has 30 heavy (non-hydrogen) atoms. The van der Waals surface area contributed by atoms with Crippen LogP contribution >= 0.6 is 11.6 Å². The van der Waals surface area contributed by atoms with Crippen molar-refractivity contribution in [3.05, 3.63) is 59.7 Å². The Morgan fingerprint density at radius 3 is 2.43 bits per heavy atom. The van der Waals surface area contributed by atoms with Crippen molar-refractivity contribution in [1.29, 1.82) is 0 Å². The number of hydrogen-bond acceptors (Lipinski definition) is 9. The van der Waals surface area contributed by atoms with Crippen molar-refractivity contribution in [3.8, 4) is 22.8 Å². The number of benzene rings is 1. The minimum atomic E-state index is -0.240. The molecule has 0 aliphatic rings. The standard InChI is InChI=1S/C19H16ClN7O3/c20-14-6-4-12(5-7-14)17-22-16(29-26-17)3-1-2-15(28)24-25-19-23-18(27-30-19)13-8-10-21-11-9-13/h4-11H,1-3H2,(H,24,28)(H,23,25,27). The maximum absolute atomic E-state index is 12.0. The molecule has 11 heteroatoms. The number of nitrogens with zero attached hydrogens (tertiary/aromatic N) is 5. The lowest BCUT2D eigenvalue weighted by Gasteiger charge is -2.03. The van der Waals surface area contributed by atoms with Crippen molar-refractivity contribution in [2.75, 3.05) is 5.43 Å². The van der Waals surface area contributed by atoms with Gasteiger partial charge in [0.25, 0.3) is 0 Å². The topological polar surface area (TPSA) is 132 Å². The smallest absolute Gasteiger partial charge is 0.339 e. The number of anilines is 1. The van der Waals surface area contributed by atoms with Crippen molar-refractivity contribution >= 4 is 23.5 Å². The van der Waals surface area contributed by atoms with Crippen molar-refractivity contribution in [2.45, 2.75) is 19.3 Å². The molecule has 0 spiro atoms. The lowest BCUT2D eigenvalue weighted by atomic mass is 10.2. The van der Waals surface area contributed by atoms with E-state index in [-0.39, 0.29) is 18.3 Å². The van der Waals surface area contributed by atoms with E-state index in [9.17, 15) is 4.79 Å². The summed E-state index contributed by atoms with van der Waals surface area (Å²) in [6, 6.07) is 10.7.